The van der Waals surface area contributed by atoms with Crippen LogP contribution in [0.3, 0.4) is 0 Å². The number of benzene rings is 1. The molecule has 0 aliphatic carbocycles. The number of aryl methyl sites for hydroxylation is 1. The van der Waals surface area contributed by atoms with E-state index in [4.69, 9.17) is 14.5 Å². The molecule has 1 saturated heterocycles. The van der Waals surface area contributed by atoms with Gasteiger partial charge in [-0.1, -0.05) is 12.1 Å². The summed E-state index contributed by atoms with van der Waals surface area (Å²) in [6.07, 6.45) is 2.07. The molecular formula is C23H35N5O2. The maximum atomic E-state index is 5.97. The highest BCUT2D eigenvalue weighted by atomic mass is 16.5. The van der Waals surface area contributed by atoms with Crippen LogP contribution in [0.25, 0.3) is 0 Å². The van der Waals surface area contributed by atoms with Crippen LogP contribution in [0, 0.1) is 0 Å². The van der Waals surface area contributed by atoms with Crippen molar-refractivity contribution in [2.45, 2.75) is 20.0 Å². The van der Waals surface area contributed by atoms with Crippen LogP contribution in [0.15, 0.2) is 47.6 Å². The van der Waals surface area contributed by atoms with Gasteiger partial charge in [-0.2, -0.15) is 0 Å². The Morgan fingerprint density at radius 1 is 1.23 bits per heavy atom. The van der Waals surface area contributed by atoms with Crippen molar-refractivity contribution in [3.05, 3.63) is 53.9 Å². The lowest BCUT2D eigenvalue weighted by molar-refractivity contribution is 0.0322. The van der Waals surface area contributed by atoms with Gasteiger partial charge in [0.25, 0.3) is 0 Å². The molecule has 0 spiro atoms. The third-order valence-corrected chi connectivity index (χ3v) is 5.24. The number of ether oxygens (including phenoxy) is 2. The summed E-state index contributed by atoms with van der Waals surface area (Å²) in [7, 11) is 4.14. The summed E-state index contributed by atoms with van der Waals surface area (Å²) < 4.78 is 13.5. The smallest absolute Gasteiger partial charge is 0.194 e. The van der Waals surface area contributed by atoms with Crippen molar-refractivity contribution in [3.63, 3.8) is 0 Å². The maximum absolute atomic E-state index is 5.97. The summed E-state index contributed by atoms with van der Waals surface area (Å²) >= 11 is 0. The summed E-state index contributed by atoms with van der Waals surface area (Å²) in [6.45, 7) is 9.58. The van der Waals surface area contributed by atoms with E-state index in [1.807, 2.05) is 12.1 Å². The Morgan fingerprint density at radius 2 is 2.07 bits per heavy atom. The van der Waals surface area contributed by atoms with E-state index in [1.165, 1.54) is 5.69 Å². The number of guanidine groups is 1. The van der Waals surface area contributed by atoms with Gasteiger partial charge < -0.3 is 24.3 Å². The zero-order valence-corrected chi connectivity index (χ0v) is 18.5. The van der Waals surface area contributed by atoms with Gasteiger partial charge in [0.15, 0.2) is 5.96 Å². The Labute approximate surface area is 180 Å². The van der Waals surface area contributed by atoms with Gasteiger partial charge >= 0.3 is 0 Å². The number of nitrogens with zero attached hydrogens (tertiary/aromatic N) is 4. The molecule has 0 radical (unpaired) electrons. The van der Waals surface area contributed by atoms with Crippen LogP contribution in [0.2, 0.25) is 0 Å². The van der Waals surface area contributed by atoms with E-state index in [-0.39, 0.29) is 0 Å². The Bertz CT molecular complexity index is 798. The fraction of sp³-hybridized carbons (Fsp3) is 0.522. The first-order chi connectivity index (χ1) is 14.7. The minimum atomic E-state index is 0.612. The lowest BCUT2D eigenvalue weighted by atomic mass is 10.2. The quantitative estimate of drug-likeness (QED) is 0.505. The van der Waals surface area contributed by atoms with E-state index in [2.05, 4.69) is 71.2 Å². The normalized spacial score (nSPS) is 15.2. The Kier molecular flexibility index (Phi) is 8.59. The lowest BCUT2D eigenvalue weighted by Crippen LogP contribution is -2.38. The first kappa shape index (κ1) is 22.2. The number of hydrogen-bond donors (Lipinski definition) is 1. The van der Waals surface area contributed by atoms with Crippen LogP contribution < -0.4 is 10.1 Å². The summed E-state index contributed by atoms with van der Waals surface area (Å²) in [6, 6.07) is 12.4. The summed E-state index contributed by atoms with van der Waals surface area (Å²) in [5.74, 6) is 1.80. The second kappa shape index (κ2) is 11.6. The maximum Gasteiger partial charge on any atom is 0.194 e. The van der Waals surface area contributed by atoms with Gasteiger partial charge in [-0.05, 0) is 36.8 Å². The first-order valence-electron chi connectivity index (χ1n) is 10.8. The number of rotatable bonds is 9. The molecular weight excluding hydrogens is 378 g/mol. The summed E-state index contributed by atoms with van der Waals surface area (Å²) in [4.78, 5) is 9.37. The molecule has 7 nitrogen and oxygen atoms in total. The van der Waals surface area contributed by atoms with Gasteiger partial charge in [-0.25, -0.2) is 4.99 Å². The largest absolute Gasteiger partial charge is 0.492 e. The van der Waals surface area contributed by atoms with E-state index in [1.54, 1.807) is 0 Å². The average Bonchev–Trinajstić information content (AvgIpc) is 3.16. The molecule has 3 rings (SSSR count). The third-order valence-electron chi connectivity index (χ3n) is 5.24. The minimum Gasteiger partial charge on any atom is -0.492 e. The highest BCUT2D eigenvalue weighted by molar-refractivity contribution is 5.79. The van der Waals surface area contributed by atoms with Crippen LogP contribution >= 0.6 is 0 Å². The van der Waals surface area contributed by atoms with E-state index in [0.717, 1.165) is 63.2 Å². The topological polar surface area (TPSA) is 54.3 Å². The van der Waals surface area contributed by atoms with Gasteiger partial charge in [0, 0.05) is 52.2 Å². The molecule has 164 valence electrons. The molecule has 0 bridgehead atoms. The van der Waals surface area contributed by atoms with E-state index in [9.17, 15) is 0 Å². The molecule has 1 aromatic carbocycles. The average molecular weight is 414 g/mol. The fourth-order valence-electron chi connectivity index (χ4n) is 3.47. The predicted molar refractivity (Wildman–Crippen MR) is 121 cm³/mol. The highest BCUT2D eigenvalue weighted by Gasteiger charge is 2.10. The summed E-state index contributed by atoms with van der Waals surface area (Å²) in [5, 5.41) is 3.39. The fourth-order valence-corrected chi connectivity index (χ4v) is 3.47. The molecule has 1 N–H and O–H groups in total. The number of hydrogen-bond acceptors (Lipinski definition) is 4. The predicted octanol–water partition coefficient (Wildman–Crippen LogP) is 2.33. The molecule has 0 saturated carbocycles. The standard InChI is InChI=1S/C23H35N5O2/c1-4-24-23(27(3)19-21-8-6-10-26(21)2)25-18-20-7-5-9-22(17-20)30-16-13-28-11-14-29-15-12-28/h5-10,17H,4,11-16,18-19H2,1-3H3,(H,24,25). The molecule has 2 heterocycles. The number of aromatic nitrogens is 1. The monoisotopic (exact) mass is 413 g/mol. The first-order valence-corrected chi connectivity index (χ1v) is 10.8. The van der Waals surface area contributed by atoms with Crippen LogP contribution in [-0.4, -0.2) is 73.4 Å². The van der Waals surface area contributed by atoms with Crippen molar-refractivity contribution in [2.75, 3.05) is 53.0 Å². The molecule has 30 heavy (non-hydrogen) atoms. The van der Waals surface area contributed by atoms with Crippen molar-refractivity contribution in [2.24, 2.45) is 12.0 Å². The Morgan fingerprint density at radius 3 is 2.80 bits per heavy atom. The van der Waals surface area contributed by atoms with E-state index >= 15 is 0 Å². The SMILES string of the molecule is CCNC(=NCc1cccc(OCCN2CCOCC2)c1)N(C)Cc1cccn1C. The Hall–Kier alpha value is -2.51. The number of morpholine rings is 1. The highest BCUT2D eigenvalue weighted by Crippen LogP contribution is 2.15. The molecule has 0 amide bonds. The van der Waals surface area contributed by atoms with Crippen molar-refractivity contribution in [1.29, 1.82) is 0 Å². The Balaban J connectivity index is 1.54. The van der Waals surface area contributed by atoms with E-state index < -0.39 is 0 Å². The zero-order valence-electron chi connectivity index (χ0n) is 18.5. The van der Waals surface area contributed by atoms with E-state index in [0.29, 0.717) is 13.2 Å². The second-order valence-corrected chi connectivity index (χ2v) is 7.59. The van der Waals surface area contributed by atoms with Crippen LogP contribution in [0.4, 0.5) is 0 Å². The molecule has 0 atom stereocenters. The van der Waals surface area contributed by atoms with Crippen molar-refractivity contribution >= 4 is 5.96 Å². The minimum absolute atomic E-state index is 0.612. The van der Waals surface area contributed by atoms with Gasteiger partial charge in [0.05, 0.1) is 26.3 Å². The van der Waals surface area contributed by atoms with Gasteiger partial charge in [0.2, 0.25) is 0 Å². The number of nitrogens with one attached hydrogen (secondary N) is 1. The van der Waals surface area contributed by atoms with Crippen molar-refractivity contribution < 1.29 is 9.47 Å². The van der Waals surface area contributed by atoms with Crippen LogP contribution in [0.1, 0.15) is 18.2 Å². The van der Waals surface area contributed by atoms with Crippen molar-refractivity contribution in [1.82, 2.24) is 19.7 Å². The molecule has 2 aromatic rings. The van der Waals surface area contributed by atoms with Crippen LogP contribution in [0.5, 0.6) is 5.75 Å². The molecule has 1 aliphatic heterocycles. The van der Waals surface area contributed by atoms with Gasteiger partial charge in [-0.3, -0.25) is 4.90 Å². The van der Waals surface area contributed by atoms with Crippen molar-refractivity contribution in [3.8, 4) is 5.75 Å². The number of aliphatic imine (C=N–C) groups is 1. The lowest BCUT2D eigenvalue weighted by Gasteiger charge is -2.26. The van der Waals surface area contributed by atoms with Crippen LogP contribution in [-0.2, 0) is 24.9 Å². The van der Waals surface area contributed by atoms with Gasteiger partial charge in [0.1, 0.15) is 12.4 Å². The second-order valence-electron chi connectivity index (χ2n) is 7.59. The molecule has 0 unspecified atom stereocenters. The zero-order chi connectivity index (χ0) is 21.2. The molecule has 1 aromatic heterocycles. The molecule has 1 fully saturated rings. The molecule has 7 heteroatoms. The molecule has 1 aliphatic rings. The third kappa shape index (κ3) is 6.78. The van der Waals surface area contributed by atoms with Gasteiger partial charge in [-0.15, -0.1) is 0 Å². The summed E-state index contributed by atoms with van der Waals surface area (Å²) in [5.41, 5.74) is 2.39.